The maximum Gasteiger partial charge on any atom is 0.362 e. The molecule has 0 radical (unpaired) electrons. The maximum atomic E-state index is 12.2. The van der Waals surface area contributed by atoms with Crippen molar-refractivity contribution in [2.24, 2.45) is 0 Å². The largest absolute Gasteiger partial charge is 0.461 e. The molecular formula is C17H20Cl2N6O2. The summed E-state index contributed by atoms with van der Waals surface area (Å²) in [7, 11) is 0. The van der Waals surface area contributed by atoms with E-state index in [1.54, 1.807) is 19.1 Å². The highest BCUT2D eigenvalue weighted by molar-refractivity contribution is 6.35. The molecule has 27 heavy (non-hydrogen) atoms. The van der Waals surface area contributed by atoms with Crippen LogP contribution in [0.2, 0.25) is 10.0 Å². The van der Waals surface area contributed by atoms with E-state index < -0.39 is 5.97 Å². The number of halogens is 2. The van der Waals surface area contributed by atoms with E-state index >= 15 is 0 Å². The predicted octanol–water partition coefficient (Wildman–Crippen LogP) is 2.38. The second kappa shape index (κ2) is 9.16. The number of carbonyl (C=O) groups is 1. The number of aromatic nitrogens is 3. The van der Waals surface area contributed by atoms with E-state index in [0.717, 1.165) is 31.7 Å². The molecule has 0 saturated carbocycles. The fourth-order valence-electron chi connectivity index (χ4n) is 2.62. The summed E-state index contributed by atoms with van der Waals surface area (Å²) < 4.78 is 5.06. The van der Waals surface area contributed by atoms with Gasteiger partial charge in [-0.15, -0.1) is 10.2 Å². The molecule has 1 aliphatic heterocycles. The van der Waals surface area contributed by atoms with Crippen molar-refractivity contribution in [1.29, 1.82) is 0 Å². The van der Waals surface area contributed by atoms with E-state index in [9.17, 15) is 4.79 Å². The highest BCUT2D eigenvalue weighted by atomic mass is 35.5. The van der Waals surface area contributed by atoms with Crippen molar-refractivity contribution in [3.63, 3.8) is 0 Å². The van der Waals surface area contributed by atoms with Crippen LogP contribution in [0.5, 0.6) is 0 Å². The van der Waals surface area contributed by atoms with E-state index in [1.807, 2.05) is 11.0 Å². The summed E-state index contributed by atoms with van der Waals surface area (Å²) in [5, 5.41) is 15.6. The van der Waals surface area contributed by atoms with Gasteiger partial charge in [-0.3, -0.25) is 0 Å². The Hall–Kier alpha value is -2.16. The van der Waals surface area contributed by atoms with Crippen molar-refractivity contribution in [2.75, 3.05) is 43.0 Å². The SMILES string of the molecule is CCOC(=O)c1nnc(N2CCNCC2)nc1NCc1ccc(Cl)cc1Cl. The Bertz CT molecular complexity index is 814. The van der Waals surface area contributed by atoms with Crippen molar-refractivity contribution >= 4 is 40.9 Å². The minimum absolute atomic E-state index is 0.0424. The summed E-state index contributed by atoms with van der Waals surface area (Å²) in [5.41, 5.74) is 0.860. The normalized spacial score (nSPS) is 14.1. The van der Waals surface area contributed by atoms with Gasteiger partial charge in [0.05, 0.1) is 6.61 Å². The van der Waals surface area contributed by atoms with E-state index in [1.165, 1.54) is 0 Å². The minimum Gasteiger partial charge on any atom is -0.461 e. The fourth-order valence-corrected chi connectivity index (χ4v) is 3.10. The molecule has 0 unspecified atom stereocenters. The zero-order valence-electron chi connectivity index (χ0n) is 14.8. The Morgan fingerprint density at radius 1 is 1.30 bits per heavy atom. The lowest BCUT2D eigenvalue weighted by Gasteiger charge is -2.27. The molecule has 0 amide bonds. The van der Waals surface area contributed by atoms with Crippen LogP contribution in [0.1, 0.15) is 23.0 Å². The average Bonchev–Trinajstić information content (AvgIpc) is 2.68. The molecule has 0 atom stereocenters. The van der Waals surface area contributed by atoms with Crippen LogP contribution in [-0.4, -0.2) is 53.9 Å². The van der Waals surface area contributed by atoms with E-state index in [0.29, 0.717) is 28.4 Å². The first kappa shape index (κ1) is 19.6. The van der Waals surface area contributed by atoms with E-state index in [2.05, 4.69) is 25.8 Å². The Morgan fingerprint density at radius 2 is 2.07 bits per heavy atom. The van der Waals surface area contributed by atoms with Gasteiger partial charge in [-0.2, -0.15) is 4.98 Å². The number of carbonyl (C=O) groups excluding carboxylic acids is 1. The summed E-state index contributed by atoms with van der Waals surface area (Å²) in [5.74, 6) is 0.200. The minimum atomic E-state index is -0.575. The summed E-state index contributed by atoms with van der Waals surface area (Å²) in [6.45, 7) is 5.53. The second-order valence-corrected chi connectivity index (χ2v) is 6.70. The zero-order chi connectivity index (χ0) is 19.2. The smallest absolute Gasteiger partial charge is 0.362 e. The lowest BCUT2D eigenvalue weighted by Crippen LogP contribution is -2.44. The van der Waals surface area contributed by atoms with Gasteiger partial charge in [0.2, 0.25) is 11.6 Å². The van der Waals surface area contributed by atoms with E-state index in [-0.39, 0.29) is 12.3 Å². The average molecular weight is 411 g/mol. The molecular weight excluding hydrogens is 391 g/mol. The summed E-state index contributed by atoms with van der Waals surface area (Å²) in [6.07, 6.45) is 0. The monoisotopic (exact) mass is 410 g/mol. The van der Waals surface area contributed by atoms with Crippen LogP contribution in [-0.2, 0) is 11.3 Å². The van der Waals surface area contributed by atoms with Crippen LogP contribution in [0, 0.1) is 0 Å². The third kappa shape index (κ3) is 4.97. The fraction of sp³-hybridized carbons (Fsp3) is 0.412. The van der Waals surface area contributed by atoms with Crippen LogP contribution in [0.15, 0.2) is 18.2 Å². The molecule has 2 aromatic rings. The summed E-state index contributed by atoms with van der Waals surface area (Å²) >= 11 is 12.2. The van der Waals surface area contributed by atoms with Crippen LogP contribution in [0.25, 0.3) is 0 Å². The number of ether oxygens (including phenoxy) is 1. The van der Waals surface area contributed by atoms with Crippen molar-refractivity contribution in [2.45, 2.75) is 13.5 Å². The molecule has 1 saturated heterocycles. The summed E-state index contributed by atoms with van der Waals surface area (Å²) in [6, 6.07) is 5.23. The van der Waals surface area contributed by atoms with E-state index in [4.69, 9.17) is 27.9 Å². The summed E-state index contributed by atoms with van der Waals surface area (Å²) in [4.78, 5) is 18.7. The van der Waals surface area contributed by atoms with Gasteiger partial charge in [0.15, 0.2) is 5.82 Å². The van der Waals surface area contributed by atoms with Gasteiger partial charge >= 0.3 is 5.97 Å². The first-order valence-electron chi connectivity index (χ1n) is 8.63. The first-order valence-corrected chi connectivity index (χ1v) is 9.39. The third-order valence-electron chi connectivity index (χ3n) is 4.01. The molecule has 10 heteroatoms. The molecule has 0 bridgehead atoms. The molecule has 0 spiro atoms. The van der Waals surface area contributed by atoms with Crippen LogP contribution >= 0.6 is 23.2 Å². The maximum absolute atomic E-state index is 12.2. The van der Waals surface area contributed by atoms with Crippen molar-refractivity contribution in [1.82, 2.24) is 20.5 Å². The molecule has 144 valence electrons. The third-order valence-corrected chi connectivity index (χ3v) is 4.59. The zero-order valence-corrected chi connectivity index (χ0v) is 16.3. The Kier molecular flexibility index (Phi) is 6.65. The quantitative estimate of drug-likeness (QED) is 0.701. The van der Waals surface area contributed by atoms with Crippen LogP contribution in [0.3, 0.4) is 0 Å². The van der Waals surface area contributed by atoms with Crippen LogP contribution < -0.4 is 15.5 Å². The molecule has 1 aromatic heterocycles. The molecule has 1 fully saturated rings. The first-order chi connectivity index (χ1) is 13.1. The predicted molar refractivity (Wildman–Crippen MR) is 105 cm³/mol. The van der Waals surface area contributed by atoms with Gasteiger partial charge < -0.3 is 20.3 Å². The lowest BCUT2D eigenvalue weighted by molar-refractivity contribution is 0.0519. The van der Waals surface area contributed by atoms with Gasteiger partial charge in [0.1, 0.15) is 0 Å². The number of hydrogen-bond acceptors (Lipinski definition) is 8. The lowest BCUT2D eigenvalue weighted by atomic mass is 10.2. The number of anilines is 2. The van der Waals surface area contributed by atoms with Crippen molar-refractivity contribution < 1.29 is 9.53 Å². The van der Waals surface area contributed by atoms with Crippen LogP contribution in [0.4, 0.5) is 11.8 Å². The number of hydrogen-bond donors (Lipinski definition) is 2. The highest BCUT2D eigenvalue weighted by Gasteiger charge is 2.21. The molecule has 1 aliphatic rings. The van der Waals surface area contributed by atoms with Gasteiger partial charge in [0.25, 0.3) is 0 Å². The van der Waals surface area contributed by atoms with Gasteiger partial charge in [-0.25, -0.2) is 4.79 Å². The Labute approximate surface area is 167 Å². The van der Waals surface area contributed by atoms with Crippen molar-refractivity contribution in [3.8, 4) is 0 Å². The highest BCUT2D eigenvalue weighted by Crippen LogP contribution is 2.23. The molecule has 8 nitrogen and oxygen atoms in total. The van der Waals surface area contributed by atoms with Gasteiger partial charge in [-0.1, -0.05) is 29.3 Å². The molecule has 0 aliphatic carbocycles. The topological polar surface area (TPSA) is 92.3 Å². The molecule has 3 rings (SSSR count). The standard InChI is InChI=1S/C17H20Cl2N6O2/c1-2-27-16(26)14-15(21-10-11-3-4-12(18)9-13(11)19)22-17(24-23-14)25-7-5-20-6-8-25/h3-4,9,20H,2,5-8,10H2,1H3,(H,21,22,24). The number of esters is 1. The van der Waals surface area contributed by atoms with Crippen molar-refractivity contribution in [3.05, 3.63) is 39.5 Å². The second-order valence-electron chi connectivity index (χ2n) is 5.86. The molecule has 2 N–H and O–H groups in total. The number of piperazine rings is 1. The Morgan fingerprint density at radius 3 is 2.78 bits per heavy atom. The van der Waals surface area contributed by atoms with Gasteiger partial charge in [-0.05, 0) is 24.6 Å². The number of nitrogens with zero attached hydrogens (tertiary/aromatic N) is 4. The molecule has 2 heterocycles. The number of nitrogens with one attached hydrogen (secondary N) is 2. The van der Waals surface area contributed by atoms with Gasteiger partial charge in [0, 0.05) is 42.8 Å². The number of rotatable bonds is 6. The molecule has 1 aromatic carbocycles. The number of benzene rings is 1. The Balaban J connectivity index is 1.85.